The van der Waals surface area contributed by atoms with Gasteiger partial charge in [-0.05, 0) is 190 Å². The Hall–Kier alpha value is -8.78. The van der Waals surface area contributed by atoms with Crippen LogP contribution in [0.4, 0.5) is 0 Å². The van der Waals surface area contributed by atoms with Crippen molar-refractivity contribution in [1.29, 1.82) is 0 Å². The molecule has 4 heterocycles. The van der Waals surface area contributed by atoms with Crippen molar-refractivity contribution in [1.82, 2.24) is 19.9 Å². The van der Waals surface area contributed by atoms with E-state index in [4.69, 9.17) is 40.4 Å². The topological polar surface area (TPSA) is 213 Å². The van der Waals surface area contributed by atoms with Gasteiger partial charge < -0.3 is 40.9 Å². The Morgan fingerprint density at radius 1 is 0.336 bits per heavy atom. The van der Waals surface area contributed by atoms with Gasteiger partial charge in [-0.25, -0.2) is 0 Å². The third-order valence-electron chi connectivity index (χ3n) is 21.5. The maximum atomic E-state index is 9.42. The first-order valence-corrected chi connectivity index (χ1v) is 44.8. The van der Waals surface area contributed by atoms with Crippen molar-refractivity contribution in [3.8, 4) is 45.0 Å². The van der Waals surface area contributed by atoms with Gasteiger partial charge in [0.25, 0.3) is 0 Å². The van der Waals surface area contributed by atoms with Gasteiger partial charge in [0.05, 0.1) is 69.5 Å². The summed E-state index contributed by atoms with van der Waals surface area (Å²) in [7, 11) is 0. The largest absolute Gasteiger partial charge is 0.513 e. The van der Waals surface area contributed by atoms with E-state index in [0.29, 0.717) is 29.2 Å². The molecule has 0 aliphatic heterocycles. The summed E-state index contributed by atoms with van der Waals surface area (Å²) >= 11 is 0. The summed E-state index contributed by atoms with van der Waals surface area (Å²) in [6.07, 6.45) is 6.35. The number of nitrogens with zero attached hydrogens (tertiary/aromatic N) is 4. The van der Waals surface area contributed by atoms with Gasteiger partial charge in [-0.15, -0.1) is 139 Å². The van der Waals surface area contributed by atoms with Crippen molar-refractivity contribution in [2.45, 2.75) is 237 Å². The number of aryl methyl sites for hydroxylation is 8. The first-order chi connectivity index (χ1) is 59.9. The van der Waals surface area contributed by atoms with Gasteiger partial charge in [-0.1, -0.05) is 273 Å². The summed E-state index contributed by atoms with van der Waals surface area (Å²) in [5.74, 6) is 3.63. The third-order valence-corrected chi connectivity index (χ3v) is 21.5. The molecule has 0 fully saturated rings. The Bertz CT molecular complexity index is 5460. The van der Waals surface area contributed by atoms with Crippen molar-refractivity contribution < 1.29 is 121 Å². The molecule has 12 nitrogen and oxygen atoms in total. The Balaban J connectivity index is 0.000000520. The number of aliphatic hydroxyl groups excluding tert-OH is 8. The van der Waals surface area contributed by atoms with E-state index in [9.17, 15) is 20.4 Å². The molecule has 0 amide bonds. The number of aliphatic hydroxyl groups is 8. The van der Waals surface area contributed by atoms with Gasteiger partial charge in [0.15, 0.2) is 0 Å². The first-order valence-electron chi connectivity index (χ1n) is 44.8. The molecule has 0 spiro atoms. The van der Waals surface area contributed by atoms with Crippen molar-refractivity contribution in [3.63, 3.8) is 0 Å². The van der Waals surface area contributed by atoms with E-state index < -0.39 is 24.4 Å². The van der Waals surface area contributed by atoms with Crippen molar-refractivity contribution in [2.75, 3.05) is 0 Å². The fourth-order valence-corrected chi connectivity index (χ4v) is 14.1. The van der Waals surface area contributed by atoms with Gasteiger partial charge in [0.2, 0.25) is 0 Å². The van der Waals surface area contributed by atoms with Gasteiger partial charge in [-0.3, -0.25) is 19.9 Å². The van der Waals surface area contributed by atoms with Gasteiger partial charge in [0.1, 0.15) is 0 Å². The molecule has 9 aromatic carbocycles. The predicted octanol–water partition coefficient (Wildman–Crippen LogP) is 28.5. The number of pyridine rings is 4. The van der Waals surface area contributed by atoms with Gasteiger partial charge >= 0.3 is 0 Å². The van der Waals surface area contributed by atoms with E-state index in [0.717, 1.165) is 98.3 Å². The van der Waals surface area contributed by atoms with Crippen molar-refractivity contribution in [3.05, 3.63) is 338 Å². The minimum atomic E-state index is -0.646. The molecular weight excluding hydrogens is 2330 g/mol. The monoisotopic (exact) mass is 2480 g/mol. The molecule has 131 heavy (non-hydrogen) atoms. The van der Waals surface area contributed by atoms with Crippen LogP contribution in [0.1, 0.15) is 203 Å². The van der Waals surface area contributed by atoms with Crippen LogP contribution in [-0.2, 0) is 106 Å². The molecule has 4 radical (unpaired) electrons. The molecule has 0 saturated heterocycles. The van der Waals surface area contributed by atoms with Crippen LogP contribution >= 0.6 is 0 Å². The van der Waals surface area contributed by atoms with Crippen LogP contribution in [0.2, 0.25) is 0 Å². The molecule has 8 N–H and O–H groups in total. The fraction of sp³-hybridized carbons (Fsp3) is 0.357. The molecule has 4 aromatic heterocycles. The van der Waals surface area contributed by atoms with E-state index in [1.54, 1.807) is 27.7 Å². The fourth-order valence-electron chi connectivity index (χ4n) is 14.1. The standard InChI is InChI=1S/C22H24N.3C21H22N.C11H14O2.C9H18O2.2C5H10O2.4Ir/c1-14(2)11-18-7-6-8-22-20(18)9-10-21(23-22)19-12-15(3)17(5)16(4)13-19;3*1-14(2)12-17-6-5-7-21-19(17)10-11-20(22-21)18-9-8-15(3)16(4)13-18;1-8(12)11(9(2)13)10-6-4-3-5-7-10;1-6(2)8(10)5-9(11)7(3)4;2*1-4(6)3-5(2)7;;;;/h6-10,12,14H,11H2,1-5H3;3*5-8,10-11,13-14H,12H2,1-4H3;3-8,12-13H,1-2H3;5-8,10-11H,1-4H3;2*3-4,6-7H,1-2H3;;;;/q4*-1;;;;;;;;. The first kappa shape index (κ1) is 118. The van der Waals surface area contributed by atoms with Crippen LogP contribution in [0, 0.1) is 122 Å². The second-order valence-electron chi connectivity index (χ2n) is 36.0. The molecule has 710 valence electrons. The summed E-state index contributed by atoms with van der Waals surface area (Å²) in [6.45, 7) is 54.2. The van der Waals surface area contributed by atoms with Crippen LogP contribution in [0.3, 0.4) is 0 Å². The maximum Gasteiger partial charge on any atom is 0.0955 e. The molecule has 13 aromatic rings. The molecule has 16 heteroatoms. The number of fused-ring (bicyclic) bond motifs is 4. The minimum Gasteiger partial charge on any atom is -0.513 e. The number of allylic oxidation sites excluding steroid dienone is 4. The second-order valence-corrected chi connectivity index (χ2v) is 36.0. The zero-order valence-electron chi connectivity index (χ0n) is 82.0. The normalized spacial score (nSPS) is 12.3. The van der Waals surface area contributed by atoms with E-state index in [1.807, 2.05) is 76.2 Å². The van der Waals surface area contributed by atoms with Crippen LogP contribution in [0.5, 0.6) is 0 Å². The van der Waals surface area contributed by atoms with Crippen LogP contribution < -0.4 is 0 Å². The average Bonchev–Trinajstić information content (AvgIpc) is 0.799. The smallest absolute Gasteiger partial charge is 0.0955 e. The number of aromatic nitrogens is 4. The molecule has 13 rings (SSSR count). The SMILES string of the molecule is CC(C)C(O)=CC(O)C(C)C.CC(O)=C(c1ccccc1)C(C)O.CC(O)=CC(C)O.CC(O)=CC(C)O.Cc1[c-]c(-c2ccc3c(CC(C)C)cccc3n2)cc(C)c1C.Cc1c[c-]c(-c2ccc3c(CC(C)C)cccc3n2)cc1C.Cc1c[c-]c(-c2ccc3c(CC(C)C)cccc3n2)cc1C.Cc1c[c-]c(-c2ccc3c(CC(C)C)cccc3n2)cc1C.[Ir].[Ir].[Ir].[Ir]. The zero-order chi connectivity index (χ0) is 94.2. The molecule has 0 aliphatic carbocycles. The summed E-state index contributed by atoms with van der Waals surface area (Å²) in [5.41, 5.74) is 31.0. The number of hydrogen-bond donors (Lipinski definition) is 8. The molecule has 0 saturated carbocycles. The van der Waals surface area contributed by atoms with E-state index >= 15 is 0 Å². The Labute approximate surface area is 838 Å². The minimum absolute atomic E-state index is 0. The molecular formula is C115H142Ir4N4O8-4. The zero-order valence-corrected chi connectivity index (χ0v) is 91.6. The Kier molecular flexibility index (Phi) is 52.7. The second kappa shape index (κ2) is 58.4. The summed E-state index contributed by atoms with van der Waals surface area (Å²) in [6, 6.07) is 80.8. The van der Waals surface area contributed by atoms with E-state index in [2.05, 4.69) is 288 Å². The molecule has 0 bridgehead atoms. The van der Waals surface area contributed by atoms with Crippen LogP contribution in [-0.4, -0.2) is 85.2 Å². The number of benzene rings is 9. The van der Waals surface area contributed by atoms with Crippen LogP contribution in [0.15, 0.2) is 235 Å². The summed E-state index contributed by atoms with van der Waals surface area (Å²) in [4.78, 5) is 19.5. The van der Waals surface area contributed by atoms with Crippen LogP contribution in [0.25, 0.3) is 94.2 Å². The van der Waals surface area contributed by atoms with Gasteiger partial charge in [-0.2, -0.15) is 0 Å². The van der Waals surface area contributed by atoms with Gasteiger partial charge in [0, 0.05) is 113 Å². The third kappa shape index (κ3) is 39.0. The molecule has 4 unspecified atom stereocenters. The quantitative estimate of drug-likeness (QED) is 0.0281. The van der Waals surface area contributed by atoms with E-state index in [-0.39, 0.29) is 115 Å². The maximum absolute atomic E-state index is 9.42. The van der Waals surface area contributed by atoms with Crippen molar-refractivity contribution in [2.24, 2.45) is 35.5 Å². The van der Waals surface area contributed by atoms with Crippen molar-refractivity contribution >= 4 is 49.2 Å². The molecule has 0 aliphatic rings. The Morgan fingerprint density at radius 2 is 0.626 bits per heavy atom. The Morgan fingerprint density at radius 3 is 0.855 bits per heavy atom. The number of rotatable bonds is 19. The summed E-state index contributed by atoms with van der Waals surface area (Å²) < 4.78 is 0. The predicted molar refractivity (Wildman–Crippen MR) is 537 cm³/mol. The van der Waals surface area contributed by atoms with E-state index in [1.165, 1.54) is 126 Å². The molecule has 4 atom stereocenters. The average molecular weight is 2480 g/mol. The summed E-state index contributed by atoms with van der Waals surface area (Å²) in [5, 5.41) is 76.2. The number of hydrogen-bond acceptors (Lipinski definition) is 12.